The summed E-state index contributed by atoms with van der Waals surface area (Å²) in [6.45, 7) is 4.91. The van der Waals surface area contributed by atoms with E-state index in [0.29, 0.717) is 0 Å². The molecule has 3 aliphatic carbocycles. The van der Waals surface area contributed by atoms with Gasteiger partial charge in [0, 0.05) is 0 Å². The van der Waals surface area contributed by atoms with E-state index in [1.807, 2.05) is 0 Å². The fraction of sp³-hybridized carbons (Fsp3) is 1.00. The molecule has 0 radical (unpaired) electrons. The van der Waals surface area contributed by atoms with Gasteiger partial charge in [-0.05, 0) is 41.9 Å². The fourth-order valence-electron chi connectivity index (χ4n) is 4.13. The molecule has 0 aromatic heterocycles. The fourth-order valence-corrected chi connectivity index (χ4v) is 4.13. The van der Waals surface area contributed by atoms with Crippen molar-refractivity contribution in [1.82, 2.24) is 0 Å². The molecule has 0 heteroatoms. The van der Waals surface area contributed by atoms with Gasteiger partial charge in [0.2, 0.25) is 0 Å². The molecule has 5 unspecified atom stereocenters. The molecule has 9 heavy (non-hydrogen) atoms. The molecule has 5 atom stereocenters. The molecule has 0 amide bonds. The maximum absolute atomic E-state index is 2.46. The van der Waals surface area contributed by atoms with E-state index in [1.54, 1.807) is 12.8 Å². The minimum Gasteiger partial charge on any atom is -0.0619 e. The van der Waals surface area contributed by atoms with Crippen LogP contribution >= 0.6 is 0 Å². The molecule has 0 bridgehead atoms. The smallest absolute Gasteiger partial charge is 0.0184 e. The van der Waals surface area contributed by atoms with Gasteiger partial charge in [-0.3, -0.25) is 0 Å². The summed E-state index contributed by atoms with van der Waals surface area (Å²) < 4.78 is 0. The van der Waals surface area contributed by atoms with Crippen LogP contribution in [0.3, 0.4) is 0 Å². The topological polar surface area (TPSA) is 0 Å². The molecule has 3 fully saturated rings. The molecule has 3 rings (SSSR count). The Labute approximate surface area is 56.6 Å². The van der Waals surface area contributed by atoms with E-state index in [0.717, 1.165) is 17.3 Å². The quantitative estimate of drug-likeness (QED) is 0.462. The van der Waals surface area contributed by atoms with E-state index in [2.05, 4.69) is 13.8 Å². The summed E-state index contributed by atoms with van der Waals surface area (Å²) in [7, 11) is 0. The Morgan fingerprint density at radius 1 is 1.22 bits per heavy atom. The largest absolute Gasteiger partial charge is 0.0619 e. The summed E-state index contributed by atoms with van der Waals surface area (Å²) in [5.41, 5.74) is 0.944. The first-order valence-corrected chi connectivity index (χ1v) is 4.28. The minimum atomic E-state index is 0.944. The van der Waals surface area contributed by atoms with Gasteiger partial charge >= 0.3 is 0 Å². The normalized spacial score (nSPS) is 75.3. The molecule has 0 aromatic carbocycles. The minimum absolute atomic E-state index is 0.944. The Morgan fingerprint density at radius 3 is 2.22 bits per heavy atom. The summed E-state index contributed by atoms with van der Waals surface area (Å²) in [5.74, 6) is 4.58. The van der Waals surface area contributed by atoms with E-state index in [9.17, 15) is 0 Å². The second kappa shape index (κ2) is 0.980. The van der Waals surface area contributed by atoms with Crippen molar-refractivity contribution in [2.24, 2.45) is 29.1 Å². The van der Waals surface area contributed by atoms with Crippen molar-refractivity contribution in [3.05, 3.63) is 0 Å². The molecule has 3 saturated carbocycles. The Bertz CT molecular complexity index is 143. The van der Waals surface area contributed by atoms with Crippen LogP contribution in [0.25, 0.3) is 0 Å². The lowest BCUT2D eigenvalue weighted by Gasteiger charge is -2.52. The van der Waals surface area contributed by atoms with Crippen LogP contribution in [0.5, 0.6) is 0 Å². The van der Waals surface area contributed by atoms with Crippen molar-refractivity contribution in [3.63, 3.8) is 0 Å². The van der Waals surface area contributed by atoms with Crippen LogP contribution in [0.15, 0.2) is 0 Å². The number of hydrogen-bond donors (Lipinski definition) is 0. The molecule has 0 aliphatic heterocycles. The summed E-state index contributed by atoms with van der Waals surface area (Å²) in [5, 5.41) is 0. The molecule has 0 saturated heterocycles. The van der Waals surface area contributed by atoms with E-state index < -0.39 is 0 Å². The van der Waals surface area contributed by atoms with Crippen molar-refractivity contribution < 1.29 is 0 Å². The summed E-state index contributed by atoms with van der Waals surface area (Å²) in [4.78, 5) is 0. The van der Waals surface area contributed by atoms with E-state index in [1.165, 1.54) is 11.8 Å². The van der Waals surface area contributed by atoms with Gasteiger partial charge in [0.15, 0.2) is 0 Å². The van der Waals surface area contributed by atoms with E-state index in [4.69, 9.17) is 0 Å². The standard InChI is InChI=1S/C9H14/c1-5-3-7-4-8-6(2)9(5,7)8/h5-8H,3-4H2,1-2H3. The molecule has 1 spiro atoms. The third-order valence-electron chi connectivity index (χ3n) is 4.66. The van der Waals surface area contributed by atoms with Crippen molar-refractivity contribution in [3.8, 4) is 0 Å². The average Bonchev–Trinajstić information content (AvgIpc) is 2.32. The van der Waals surface area contributed by atoms with Crippen LogP contribution in [0.2, 0.25) is 0 Å². The zero-order valence-corrected chi connectivity index (χ0v) is 6.22. The van der Waals surface area contributed by atoms with Crippen molar-refractivity contribution in [2.75, 3.05) is 0 Å². The van der Waals surface area contributed by atoms with Crippen LogP contribution in [0, 0.1) is 29.1 Å². The highest BCUT2D eigenvalue weighted by molar-refractivity contribution is 5.27. The van der Waals surface area contributed by atoms with E-state index >= 15 is 0 Å². The Kier molecular flexibility index (Phi) is 0.518. The second-order valence-electron chi connectivity index (χ2n) is 4.46. The average molecular weight is 122 g/mol. The molecular weight excluding hydrogens is 108 g/mol. The highest BCUT2D eigenvalue weighted by Gasteiger charge is 2.80. The Hall–Kier alpha value is 0. The predicted octanol–water partition coefficient (Wildman–Crippen LogP) is 2.30. The highest BCUT2D eigenvalue weighted by atomic mass is 14.8. The van der Waals surface area contributed by atoms with Crippen LogP contribution in [0.4, 0.5) is 0 Å². The molecule has 0 heterocycles. The Balaban J connectivity index is 1.98. The lowest BCUT2D eigenvalue weighted by atomic mass is 9.52. The van der Waals surface area contributed by atoms with Gasteiger partial charge in [-0.2, -0.15) is 0 Å². The van der Waals surface area contributed by atoms with Crippen molar-refractivity contribution in [2.45, 2.75) is 26.7 Å². The molecular formula is C9H14. The van der Waals surface area contributed by atoms with Gasteiger partial charge in [0.05, 0.1) is 0 Å². The number of rotatable bonds is 0. The Morgan fingerprint density at radius 2 is 2.00 bits per heavy atom. The first-order chi connectivity index (χ1) is 4.28. The summed E-state index contributed by atoms with van der Waals surface area (Å²) >= 11 is 0. The van der Waals surface area contributed by atoms with E-state index in [-0.39, 0.29) is 0 Å². The van der Waals surface area contributed by atoms with Crippen LogP contribution < -0.4 is 0 Å². The van der Waals surface area contributed by atoms with Gasteiger partial charge in [0.1, 0.15) is 0 Å². The van der Waals surface area contributed by atoms with Gasteiger partial charge in [0.25, 0.3) is 0 Å². The van der Waals surface area contributed by atoms with Crippen LogP contribution in [-0.2, 0) is 0 Å². The second-order valence-corrected chi connectivity index (χ2v) is 4.46. The molecule has 0 aromatic rings. The monoisotopic (exact) mass is 122 g/mol. The van der Waals surface area contributed by atoms with Gasteiger partial charge in [-0.1, -0.05) is 13.8 Å². The van der Waals surface area contributed by atoms with Crippen molar-refractivity contribution in [1.29, 1.82) is 0 Å². The van der Waals surface area contributed by atoms with Crippen LogP contribution in [0.1, 0.15) is 26.7 Å². The molecule has 0 nitrogen and oxygen atoms in total. The SMILES string of the molecule is CC1CC2CC3C(C)C123. The summed E-state index contributed by atoms with van der Waals surface area (Å²) in [6.07, 6.45) is 3.15. The van der Waals surface area contributed by atoms with Gasteiger partial charge in [-0.25, -0.2) is 0 Å². The summed E-state index contributed by atoms with van der Waals surface area (Å²) in [6, 6.07) is 0. The maximum Gasteiger partial charge on any atom is -0.0184 e. The third kappa shape index (κ3) is 0.249. The van der Waals surface area contributed by atoms with Crippen LogP contribution in [-0.4, -0.2) is 0 Å². The first kappa shape index (κ1) is 4.76. The van der Waals surface area contributed by atoms with Gasteiger partial charge < -0.3 is 0 Å². The lowest BCUT2D eigenvalue weighted by molar-refractivity contribution is -0.0400. The molecule has 0 N–H and O–H groups in total. The number of hydrogen-bond acceptors (Lipinski definition) is 0. The zero-order valence-electron chi connectivity index (χ0n) is 6.22. The van der Waals surface area contributed by atoms with Crippen molar-refractivity contribution >= 4 is 0 Å². The first-order valence-electron chi connectivity index (χ1n) is 4.28. The maximum atomic E-state index is 2.46. The third-order valence-corrected chi connectivity index (χ3v) is 4.66. The molecule has 50 valence electrons. The zero-order chi connectivity index (χ0) is 6.22. The molecule has 3 aliphatic rings. The van der Waals surface area contributed by atoms with Gasteiger partial charge in [-0.15, -0.1) is 0 Å². The highest BCUT2D eigenvalue weighted by Crippen LogP contribution is 2.85. The predicted molar refractivity (Wildman–Crippen MR) is 37.0 cm³/mol. The lowest BCUT2D eigenvalue weighted by Crippen LogP contribution is -2.46.